The van der Waals surface area contributed by atoms with Crippen molar-refractivity contribution in [1.29, 1.82) is 0 Å². The van der Waals surface area contributed by atoms with Gasteiger partial charge in [-0.2, -0.15) is 0 Å². The van der Waals surface area contributed by atoms with Crippen LogP contribution in [0.25, 0.3) is 5.57 Å². The number of rotatable bonds is 5. The SMILES string of the molecule is CC.CCCCCCN1C(=O)C2=CCCc3cccc(c32)C1=O. The average Bonchev–Trinajstić information content (AvgIpc) is 2.60. The molecular weight excluding hydrogens is 286 g/mol. The number of allylic oxidation sites excluding steroid dienone is 1. The Bertz CT molecular complexity index is 616. The summed E-state index contributed by atoms with van der Waals surface area (Å²) in [6.45, 7) is 6.69. The fourth-order valence-corrected chi connectivity index (χ4v) is 3.26. The van der Waals surface area contributed by atoms with Crippen LogP contribution >= 0.6 is 0 Å². The quantitative estimate of drug-likeness (QED) is 0.588. The van der Waals surface area contributed by atoms with E-state index in [1.54, 1.807) is 0 Å². The molecule has 3 heteroatoms. The third-order valence-corrected chi connectivity index (χ3v) is 4.37. The van der Waals surface area contributed by atoms with Crippen LogP contribution in [0.3, 0.4) is 0 Å². The molecule has 1 heterocycles. The predicted octanol–water partition coefficient (Wildman–Crippen LogP) is 4.61. The van der Waals surface area contributed by atoms with Crippen LogP contribution in [0.5, 0.6) is 0 Å². The first-order valence-electron chi connectivity index (χ1n) is 8.92. The van der Waals surface area contributed by atoms with Gasteiger partial charge in [-0.25, -0.2) is 0 Å². The second-order valence-electron chi connectivity index (χ2n) is 5.82. The summed E-state index contributed by atoms with van der Waals surface area (Å²) in [5, 5.41) is 0. The van der Waals surface area contributed by atoms with E-state index < -0.39 is 0 Å². The van der Waals surface area contributed by atoms with Crippen LogP contribution in [0.2, 0.25) is 0 Å². The van der Waals surface area contributed by atoms with Gasteiger partial charge in [-0.15, -0.1) is 0 Å². The number of aryl methyl sites for hydroxylation is 1. The first-order valence-corrected chi connectivity index (χ1v) is 8.92. The van der Waals surface area contributed by atoms with Crippen molar-refractivity contribution in [2.45, 2.75) is 59.3 Å². The van der Waals surface area contributed by atoms with E-state index in [4.69, 9.17) is 0 Å². The molecule has 1 aromatic rings. The lowest BCUT2D eigenvalue weighted by Gasteiger charge is -2.31. The molecule has 0 unspecified atom stereocenters. The molecule has 0 spiro atoms. The lowest BCUT2D eigenvalue weighted by atomic mass is 9.83. The molecule has 3 nitrogen and oxygen atoms in total. The maximum Gasteiger partial charge on any atom is 0.261 e. The van der Waals surface area contributed by atoms with Gasteiger partial charge < -0.3 is 0 Å². The van der Waals surface area contributed by atoms with E-state index in [1.165, 1.54) is 4.90 Å². The van der Waals surface area contributed by atoms with Crippen molar-refractivity contribution in [1.82, 2.24) is 4.90 Å². The number of imide groups is 1. The summed E-state index contributed by atoms with van der Waals surface area (Å²) in [4.78, 5) is 26.7. The minimum absolute atomic E-state index is 0.101. The van der Waals surface area contributed by atoms with E-state index in [0.717, 1.165) is 55.2 Å². The molecule has 0 fully saturated rings. The highest BCUT2D eigenvalue weighted by Crippen LogP contribution is 2.35. The van der Waals surface area contributed by atoms with Gasteiger partial charge in [0.2, 0.25) is 0 Å². The Morgan fingerprint density at radius 1 is 1.04 bits per heavy atom. The molecule has 3 rings (SSSR count). The van der Waals surface area contributed by atoms with Crippen molar-refractivity contribution >= 4 is 17.4 Å². The molecule has 23 heavy (non-hydrogen) atoms. The maximum atomic E-state index is 12.6. The standard InChI is InChI=1S/C18H21NO2.C2H6/c1-2-3-4-5-12-19-17(20)14-10-6-8-13-9-7-11-15(16(13)14)18(19)21;1-2/h6,8,10-11H,2-5,7,9,12H2,1H3;1-2H3. The molecule has 2 amide bonds. The molecule has 0 aromatic heterocycles. The molecule has 1 aromatic carbocycles. The fraction of sp³-hybridized carbons (Fsp3) is 0.500. The largest absolute Gasteiger partial charge is 0.274 e. The van der Waals surface area contributed by atoms with Gasteiger partial charge in [0.25, 0.3) is 11.8 Å². The molecule has 0 N–H and O–H groups in total. The van der Waals surface area contributed by atoms with Crippen molar-refractivity contribution in [3.63, 3.8) is 0 Å². The summed E-state index contributed by atoms with van der Waals surface area (Å²) in [7, 11) is 0. The van der Waals surface area contributed by atoms with Crippen LogP contribution in [0.15, 0.2) is 24.3 Å². The van der Waals surface area contributed by atoms with Crippen molar-refractivity contribution in [2.24, 2.45) is 0 Å². The highest BCUT2D eigenvalue weighted by atomic mass is 16.2. The van der Waals surface area contributed by atoms with Gasteiger partial charge in [-0.1, -0.05) is 58.2 Å². The number of unbranched alkanes of at least 4 members (excludes halogenated alkanes) is 3. The average molecular weight is 313 g/mol. The lowest BCUT2D eigenvalue weighted by molar-refractivity contribution is -0.123. The predicted molar refractivity (Wildman–Crippen MR) is 94.3 cm³/mol. The second kappa shape index (κ2) is 8.09. The zero-order valence-corrected chi connectivity index (χ0v) is 14.5. The van der Waals surface area contributed by atoms with Gasteiger partial charge in [0.15, 0.2) is 0 Å². The van der Waals surface area contributed by atoms with Crippen molar-refractivity contribution < 1.29 is 9.59 Å². The highest BCUT2D eigenvalue weighted by Gasteiger charge is 2.36. The Kier molecular flexibility index (Phi) is 6.14. The first kappa shape index (κ1) is 17.5. The van der Waals surface area contributed by atoms with Gasteiger partial charge in [0, 0.05) is 23.2 Å². The lowest BCUT2D eigenvalue weighted by Crippen LogP contribution is -2.43. The minimum Gasteiger partial charge on any atom is -0.274 e. The smallest absolute Gasteiger partial charge is 0.261 e. The number of carbonyl (C=O) groups is 2. The Hall–Kier alpha value is -1.90. The Morgan fingerprint density at radius 3 is 2.57 bits per heavy atom. The molecule has 1 aliphatic heterocycles. The summed E-state index contributed by atoms with van der Waals surface area (Å²) >= 11 is 0. The highest BCUT2D eigenvalue weighted by molar-refractivity contribution is 6.31. The molecule has 0 saturated heterocycles. The van der Waals surface area contributed by atoms with E-state index in [-0.39, 0.29) is 11.8 Å². The van der Waals surface area contributed by atoms with E-state index >= 15 is 0 Å². The van der Waals surface area contributed by atoms with E-state index in [9.17, 15) is 9.59 Å². The maximum absolute atomic E-state index is 12.6. The number of nitrogens with zero attached hydrogens (tertiary/aromatic N) is 1. The van der Waals surface area contributed by atoms with Crippen molar-refractivity contribution in [3.8, 4) is 0 Å². The van der Waals surface area contributed by atoms with Crippen LogP contribution in [0.4, 0.5) is 0 Å². The molecule has 0 atom stereocenters. The Balaban J connectivity index is 0.000000924. The van der Waals surface area contributed by atoms with Crippen molar-refractivity contribution in [3.05, 3.63) is 41.0 Å². The molecule has 2 aliphatic rings. The van der Waals surface area contributed by atoms with E-state index in [0.29, 0.717) is 12.1 Å². The molecule has 0 saturated carbocycles. The van der Waals surface area contributed by atoms with Crippen molar-refractivity contribution in [2.75, 3.05) is 6.54 Å². The summed E-state index contributed by atoms with van der Waals surface area (Å²) in [5.41, 5.74) is 3.47. The summed E-state index contributed by atoms with van der Waals surface area (Å²) < 4.78 is 0. The zero-order chi connectivity index (χ0) is 16.8. The Morgan fingerprint density at radius 2 is 1.83 bits per heavy atom. The molecule has 0 bridgehead atoms. The molecular formula is C20H27NO2. The summed E-state index contributed by atoms with van der Waals surface area (Å²) in [6, 6.07) is 5.81. The van der Waals surface area contributed by atoms with Crippen LogP contribution in [0.1, 0.15) is 74.4 Å². The molecule has 124 valence electrons. The van der Waals surface area contributed by atoms with Crippen LogP contribution in [-0.4, -0.2) is 23.3 Å². The number of hydrogen-bond acceptors (Lipinski definition) is 2. The third kappa shape index (κ3) is 3.39. The molecule has 1 aliphatic carbocycles. The van der Waals surface area contributed by atoms with Crippen LogP contribution < -0.4 is 0 Å². The monoisotopic (exact) mass is 313 g/mol. The zero-order valence-electron chi connectivity index (χ0n) is 14.5. The summed E-state index contributed by atoms with van der Waals surface area (Å²) in [6.07, 6.45) is 8.07. The fourth-order valence-electron chi connectivity index (χ4n) is 3.26. The number of benzene rings is 1. The third-order valence-electron chi connectivity index (χ3n) is 4.37. The topological polar surface area (TPSA) is 37.4 Å². The van der Waals surface area contributed by atoms with Gasteiger partial charge in [0.05, 0.1) is 0 Å². The van der Waals surface area contributed by atoms with E-state index in [1.807, 2.05) is 38.1 Å². The van der Waals surface area contributed by atoms with Crippen LogP contribution in [0, 0.1) is 0 Å². The van der Waals surface area contributed by atoms with Gasteiger partial charge in [-0.05, 0) is 30.9 Å². The minimum atomic E-state index is -0.118. The second-order valence-corrected chi connectivity index (χ2v) is 5.82. The number of carbonyl (C=O) groups excluding carboxylic acids is 2. The molecule has 0 radical (unpaired) electrons. The van der Waals surface area contributed by atoms with Gasteiger partial charge in [-0.3, -0.25) is 14.5 Å². The van der Waals surface area contributed by atoms with E-state index in [2.05, 4.69) is 6.92 Å². The Labute approximate surface area is 139 Å². The first-order chi connectivity index (χ1) is 11.2. The summed E-state index contributed by atoms with van der Waals surface area (Å²) in [5.74, 6) is -0.219. The van der Waals surface area contributed by atoms with Gasteiger partial charge >= 0.3 is 0 Å². The number of amides is 2. The number of hydrogen-bond donors (Lipinski definition) is 0. The van der Waals surface area contributed by atoms with Crippen LogP contribution in [-0.2, 0) is 11.2 Å². The van der Waals surface area contributed by atoms with Gasteiger partial charge in [0.1, 0.15) is 0 Å². The normalized spacial score (nSPS) is 15.6.